The minimum atomic E-state index is -3.67. The van der Waals surface area contributed by atoms with Crippen LogP contribution in [0.5, 0.6) is 0 Å². The molecule has 23 heavy (non-hydrogen) atoms. The molecule has 10 heteroatoms. The van der Waals surface area contributed by atoms with Crippen molar-refractivity contribution in [2.45, 2.75) is 23.8 Å². The predicted octanol–water partition coefficient (Wildman–Crippen LogP) is 0.0581. The van der Waals surface area contributed by atoms with E-state index < -0.39 is 20.0 Å². The lowest BCUT2D eigenvalue weighted by Gasteiger charge is -2.23. The summed E-state index contributed by atoms with van der Waals surface area (Å²) in [6.07, 6.45) is 1.72. The lowest BCUT2D eigenvalue weighted by atomic mass is 10.1. The molecule has 0 aromatic heterocycles. The lowest BCUT2D eigenvalue weighted by molar-refractivity contribution is 0.428. The second kappa shape index (κ2) is 8.95. The predicted molar refractivity (Wildman–Crippen MR) is 91.7 cm³/mol. The van der Waals surface area contributed by atoms with E-state index in [0.29, 0.717) is 6.54 Å². The second-order valence-electron chi connectivity index (χ2n) is 5.19. The van der Waals surface area contributed by atoms with Crippen molar-refractivity contribution in [3.63, 3.8) is 0 Å². The molecule has 0 amide bonds. The zero-order valence-electron chi connectivity index (χ0n) is 12.6. The maximum atomic E-state index is 12.0. The van der Waals surface area contributed by atoms with Gasteiger partial charge in [-0.1, -0.05) is 18.2 Å². The molecule has 1 aromatic rings. The van der Waals surface area contributed by atoms with Crippen LogP contribution in [0.3, 0.4) is 0 Å². The van der Waals surface area contributed by atoms with Crippen molar-refractivity contribution < 1.29 is 16.8 Å². The molecule has 132 valence electrons. The zero-order valence-corrected chi connectivity index (χ0v) is 15.0. The molecule has 1 saturated heterocycles. The molecule has 1 fully saturated rings. The quantitative estimate of drug-likeness (QED) is 0.617. The Hall–Kier alpha value is -0.710. The highest BCUT2D eigenvalue weighted by atomic mass is 35.5. The van der Waals surface area contributed by atoms with Gasteiger partial charge in [0, 0.05) is 19.1 Å². The van der Waals surface area contributed by atoms with E-state index >= 15 is 0 Å². The number of hydrogen-bond acceptors (Lipinski definition) is 5. The largest absolute Gasteiger partial charge is 0.315 e. The van der Waals surface area contributed by atoms with Gasteiger partial charge in [0.15, 0.2) is 0 Å². The fourth-order valence-corrected chi connectivity index (χ4v) is 4.64. The number of halogens is 1. The van der Waals surface area contributed by atoms with Crippen LogP contribution < -0.4 is 14.8 Å². The summed E-state index contributed by atoms with van der Waals surface area (Å²) in [5.74, 6) is -0.282. The molecule has 1 aliphatic rings. The van der Waals surface area contributed by atoms with Crippen LogP contribution in [0.1, 0.15) is 12.8 Å². The number of hydrogen-bond donors (Lipinski definition) is 3. The molecule has 1 aliphatic heterocycles. The minimum Gasteiger partial charge on any atom is -0.315 e. The Kier molecular flexibility index (Phi) is 7.91. The standard InChI is InChI=1S/C13H21N3O4S2.ClH/c17-21(18,16-12-5-4-8-14-11-12)10-9-15-22(19,20)13-6-2-1-3-7-13;/h1-3,6-7,12,14-16H,4-5,8-11H2;1H. The van der Waals surface area contributed by atoms with Crippen molar-refractivity contribution in [2.24, 2.45) is 0 Å². The van der Waals surface area contributed by atoms with E-state index in [-0.39, 0.29) is 35.6 Å². The molecule has 1 aromatic carbocycles. The smallest absolute Gasteiger partial charge is 0.240 e. The van der Waals surface area contributed by atoms with Crippen LogP contribution in [0.25, 0.3) is 0 Å². The van der Waals surface area contributed by atoms with E-state index in [1.165, 1.54) is 12.1 Å². The Morgan fingerprint density at radius 2 is 1.83 bits per heavy atom. The third-order valence-electron chi connectivity index (χ3n) is 3.36. The zero-order chi connectivity index (χ0) is 16.1. The van der Waals surface area contributed by atoms with E-state index in [4.69, 9.17) is 0 Å². The molecular formula is C13H22ClN3O4S2. The summed E-state index contributed by atoms with van der Waals surface area (Å²) in [7, 11) is -7.17. The highest BCUT2D eigenvalue weighted by molar-refractivity contribution is 7.90. The molecular weight excluding hydrogens is 362 g/mol. The van der Waals surface area contributed by atoms with Crippen molar-refractivity contribution in [1.29, 1.82) is 0 Å². The van der Waals surface area contributed by atoms with Gasteiger partial charge in [0.25, 0.3) is 0 Å². The first-order valence-corrected chi connectivity index (χ1v) is 10.3. The fraction of sp³-hybridized carbons (Fsp3) is 0.538. The van der Waals surface area contributed by atoms with Gasteiger partial charge >= 0.3 is 0 Å². The molecule has 1 unspecified atom stereocenters. The van der Waals surface area contributed by atoms with Crippen molar-refractivity contribution >= 4 is 32.5 Å². The summed E-state index contributed by atoms with van der Waals surface area (Å²) >= 11 is 0. The Labute approximate surface area is 143 Å². The van der Waals surface area contributed by atoms with Crippen LogP contribution in [0.15, 0.2) is 35.2 Å². The summed E-state index contributed by atoms with van der Waals surface area (Å²) in [6, 6.07) is 7.74. The van der Waals surface area contributed by atoms with E-state index in [0.717, 1.165) is 19.4 Å². The highest BCUT2D eigenvalue weighted by Crippen LogP contribution is 2.07. The number of rotatable bonds is 7. The van der Waals surface area contributed by atoms with Crippen molar-refractivity contribution in [3.05, 3.63) is 30.3 Å². The molecule has 0 saturated carbocycles. The van der Waals surface area contributed by atoms with Gasteiger partial charge in [-0.05, 0) is 31.5 Å². The number of nitrogens with one attached hydrogen (secondary N) is 3. The first-order chi connectivity index (χ1) is 10.4. The van der Waals surface area contributed by atoms with E-state index in [1.807, 2.05) is 0 Å². The Morgan fingerprint density at radius 1 is 1.13 bits per heavy atom. The molecule has 1 atom stereocenters. The Balaban J connectivity index is 0.00000264. The van der Waals surface area contributed by atoms with Gasteiger partial charge in [-0.15, -0.1) is 12.4 Å². The van der Waals surface area contributed by atoms with Gasteiger partial charge in [-0.3, -0.25) is 0 Å². The Morgan fingerprint density at radius 3 is 2.43 bits per heavy atom. The topological polar surface area (TPSA) is 104 Å². The summed E-state index contributed by atoms with van der Waals surface area (Å²) in [5, 5.41) is 3.12. The maximum absolute atomic E-state index is 12.0. The highest BCUT2D eigenvalue weighted by Gasteiger charge is 2.21. The molecule has 2 rings (SSSR count). The average Bonchev–Trinajstić information content (AvgIpc) is 2.48. The SMILES string of the molecule is Cl.O=S(=O)(CCNS(=O)(=O)c1ccccc1)NC1CCCNC1. The number of benzene rings is 1. The van der Waals surface area contributed by atoms with Gasteiger partial charge in [-0.25, -0.2) is 26.3 Å². The number of sulfonamides is 2. The van der Waals surface area contributed by atoms with Crippen LogP contribution in [0, 0.1) is 0 Å². The molecule has 3 N–H and O–H groups in total. The molecule has 0 spiro atoms. The van der Waals surface area contributed by atoms with Gasteiger partial charge in [0.2, 0.25) is 20.0 Å². The summed E-state index contributed by atoms with van der Waals surface area (Å²) in [6.45, 7) is 1.34. The third kappa shape index (κ3) is 6.74. The first kappa shape index (κ1) is 20.3. The van der Waals surface area contributed by atoms with Gasteiger partial charge in [0.1, 0.15) is 0 Å². The summed E-state index contributed by atoms with van der Waals surface area (Å²) < 4.78 is 52.7. The Bertz CT molecular complexity index is 674. The van der Waals surface area contributed by atoms with Crippen LogP contribution in [0.4, 0.5) is 0 Å². The van der Waals surface area contributed by atoms with Crippen LogP contribution in [-0.4, -0.2) is 48.3 Å². The minimum absolute atomic E-state index is 0. The van der Waals surface area contributed by atoms with Gasteiger partial charge in [-0.2, -0.15) is 0 Å². The van der Waals surface area contributed by atoms with Gasteiger partial charge < -0.3 is 5.32 Å². The molecule has 0 aliphatic carbocycles. The lowest BCUT2D eigenvalue weighted by Crippen LogP contribution is -2.47. The molecule has 1 heterocycles. The van der Waals surface area contributed by atoms with Crippen LogP contribution in [0.2, 0.25) is 0 Å². The normalized spacial score (nSPS) is 19.0. The monoisotopic (exact) mass is 383 g/mol. The first-order valence-electron chi connectivity index (χ1n) is 7.14. The fourth-order valence-electron chi connectivity index (χ4n) is 2.26. The van der Waals surface area contributed by atoms with E-state index in [2.05, 4.69) is 14.8 Å². The number of piperidine rings is 1. The molecule has 0 bridgehead atoms. The molecule has 0 radical (unpaired) electrons. The second-order valence-corrected chi connectivity index (χ2v) is 8.83. The molecule has 7 nitrogen and oxygen atoms in total. The van der Waals surface area contributed by atoms with Gasteiger partial charge in [0.05, 0.1) is 10.6 Å². The van der Waals surface area contributed by atoms with E-state index in [1.54, 1.807) is 18.2 Å². The van der Waals surface area contributed by atoms with Crippen molar-refractivity contribution in [1.82, 2.24) is 14.8 Å². The van der Waals surface area contributed by atoms with Crippen molar-refractivity contribution in [3.8, 4) is 0 Å². The third-order valence-corrected chi connectivity index (χ3v) is 6.27. The van der Waals surface area contributed by atoms with Crippen molar-refractivity contribution in [2.75, 3.05) is 25.4 Å². The average molecular weight is 384 g/mol. The van der Waals surface area contributed by atoms with Crippen LogP contribution in [-0.2, 0) is 20.0 Å². The van der Waals surface area contributed by atoms with E-state index in [9.17, 15) is 16.8 Å². The summed E-state index contributed by atoms with van der Waals surface area (Å²) in [4.78, 5) is 0.122. The van der Waals surface area contributed by atoms with Crippen LogP contribution >= 0.6 is 12.4 Å². The summed E-state index contributed by atoms with van der Waals surface area (Å²) in [5.41, 5.74) is 0. The maximum Gasteiger partial charge on any atom is 0.240 e.